The molecule has 0 bridgehead atoms. The van der Waals surface area contributed by atoms with E-state index in [1.54, 1.807) is 11.1 Å². The Bertz CT molecular complexity index is 606. The van der Waals surface area contributed by atoms with Crippen molar-refractivity contribution in [1.29, 1.82) is 0 Å². The number of aromatic nitrogens is 2. The molecule has 1 saturated heterocycles. The third-order valence-electron chi connectivity index (χ3n) is 3.02. The average Bonchev–Trinajstić information content (AvgIpc) is 2.77. The summed E-state index contributed by atoms with van der Waals surface area (Å²) < 4.78 is 0. The third kappa shape index (κ3) is 2.24. The first kappa shape index (κ1) is 12.3. The van der Waals surface area contributed by atoms with Crippen molar-refractivity contribution in [2.24, 2.45) is 0 Å². The number of likely N-dealkylation sites (tertiary alicyclic amines) is 1. The summed E-state index contributed by atoms with van der Waals surface area (Å²) in [7, 11) is 0. The minimum absolute atomic E-state index is 0.0533. The summed E-state index contributed by atoms with van der Waals surface area (Å²) in [4.78, 5) is 23.1. The molecule has 98 valence electrons. The van der Waals surface area contributed by atoms with Crippen molar-refractivity contribution in [3.63, 3.8) is 0 Å². The molecule has 2 aromatic rings. The van der Waals surface area contributed by atoms with Crippen molar-refractivity contribution >= 4 is 17.2 Å². The summed E-state index contributed by atoms with van der Waals surface area (Å²) in [5, 5.41) is 10.0. The molecule has 3 heterocycles. The van der Waals surface area contributed by atoms with Gasteiger partial charge in [-0.3, -0.25) is 9.78 Å². The molecule has 0 spiro atoms. The first-order valence-corrected chi connectivity index (χ1v) is 6.83. The van der Waals surface area contributed by atoms with Crippen LogP contribution in [0.25, 0.3) is 10.7 Å². The predicted octanol–water partition coefficient (Wildman–Crippen LogP) is 1.33. The van der Waals surface area contributed by atoms with Crippen LogP contribution >= 0.6 is 11.3 Å². The summed E-state index contributed by atoms with van der Waals surface area (Å²) in [6.45, 7) is 2.65. The second kappa shape index (κ2) is 4.71. The van der Waals surface area contributed by atoms with Crippen LogP contribution in [-0.2, 0) is 0 Å². The summed E-state index contributed by atoms with van der Waals surface area (Å²) in [6, 6.07) is 5.61. The van der Waals surface area contributed by atoms with E-state index < -0.39 is 0 Å². The SMILES string of the molecule is Cc1nc(-c2ccccn2)sc1C(=O)N1CC(O)C1. The molecule has 19 heavy (non-hydrogen) atoms. The van der Waals surface area contributed by atoms with Gasteiger partial charge in [0, 0.05) is 19.3 Å². The van der Waals surface area contributed by atoms with Crippen LogP contribution in [0, 0.1) is 6.92 Å². The van der Waals surface area contributed by atoms with E-state index in [0.717, 1.165) is 16.4 Å². The lowest BCUT2D eigenvalue weighted by atomic mass is 10.1. The Labute approximate surface area is 114 Å². The van der Waals surface area contributed by atoms with E-state index in [-0.39, 0.29) is 12.0 Å². The predicted molar refractivity (Wildman–Crippen MR) is 72.0 cm³/mol. The summed E-state index contributed by atoms with van der Waals surface area (Å²) in [5.74, 6) is -0.0533. The second-order valence-electron chi connectivity index (χ2n) is 4.51. The van der Waals surface area contributed by atoms with Gasteiger partial charge in [0.2, 0.25) is 0 Å². The molecule has 0 radical (unpaired) electrons. The molecule has 1 aliphatic heterocycles. The fraction of sp³-hybridized carbons (Fsp3) is 0.308. The van der Waals surface area contributed by atoms with Crippen molar-refractivity contribution in [3.8, 4) is 10.7 Å². The van der Waals surface area contributed by atoms with Gasteiger partial charge in [-0.25, -0.2) is 4.98 Å². The number of aryl methyl sites for hydroxylation is 1. The lowest BCUT2D eigenvalue weighted by molar-refractivity contribution is 0.00616. The number of thiazole rings is 1. The smallest absolute Gasteiger partial charge is 0.266 e. The molecule has 0 aliphatic carbocycles. The molecule has 3 rings (SSSR count). The highest BCUT2D eigenvalue weighted by atomic mass is 32.1. The van der Waals surface area contributed by atoms with E-state index in [0.29, 0.717) is 18.0 Å². The Morgan fingerprint density at radius 1 is 1.47 bits per heavy atom. The topological polar surface area (TPSA) is 66.3 Å². The van der Waals surface area contributed by atoms with Crippen LogP contribution in [0.2, 0.25) is 0 Å². The van der Waals surface area contributed by atoms with Gasteiger partial charge in [-0.15, -0.1) is 11.3 Å². The molecule has 0 atom stereocenters. The monoisotopic (exact) mass is 275 g/mol. The summed E-state index contributed by atoms with van der Waals surface area (Å²) >= 11 is 1.35. The molecule has 0 saturated carbocycles. The second-order valence-corrected chi connectivity index (χ2v) is 5.51. The third-order valence-corrected chi connectivity index (χ3v) is 4.19. The lowest BCUT2D eigenvalue weighted by Gasteiger charge is -2.35. The van der Waals surface area contributed by atoms with Gasteiger partial charge in [0.25, 0.3) is 5.91 Å². The molecule has 1 N–H and O–H groups in total. The minimum atomic E-state index is -0.382. The molecule has 0 unspecified atom stereocenters. The van der Waals surface area contributed by atoms with Crippen LogP contribution in [0.4, 0.5) is 0 Å². The van der Waals surface area contributed by atoms with Crippen LogP contribution in [0.5, 0.6) is 0 Å². The van der Waals surface area contributed by atoms with E-state index >= 15 is 0 Å². The molecule has 5 nitrogen and oxygen atoms in total. The van der Waals surface area contributed by atoms with Crippen molar-refractivity contribution < 1.29 is 9.90 Å². The van der Waals surface area contributed by atoms with Gasteiger partial charge >= 0.3 is 0 Å². The normalized spacial score (nSPS) is 15.4. The number of β-amino-alcohol motifs (C(OH)–C–C–N with tert-alkyl or cyclic N) is 1. The Morgan fingerprint density at radius 2 is 2.26 bits per heavy atom. The molecule has 0 aromatic carbocycles. The summed E-state index contributed by atoms with van der Waals surface area (Å²) in [5.41, 5.74) is 1.50. The van der Waals surface area contributed by atoms with E-state index in [1.165, 1.54) is 11.3 Å². The van der Waals surface area contributed by atoms with Gasteiger partial charge in [-0.1, -0.05) is 6.07 Å². The molecule has 1 amide bonds. The molecule has 1 fully saturated rings. The standard InChI is InChI=1S/C13H13N3O2S/c1-8-11(13(18)16-6-9(17)7-16)19-12(15-8)10-4-2-3-5-14-10/h2-5,9,17H,6-7H2,1H3. The largest absolute Gasteiger partial charge is 0.389 e. The van der Waals surface area contributed by atoms with Gasteiger partial charge in [-0.2, -0.15) is 0 Å². The zero-order valence-corrected chi connectivity index (χ0v) is 11.2. The molecular formula is C13H13N3O2S. The van der Waals surface area contributed by atoms with Crippen molar-refractivity contribution in [1.82, 2.24) is 14.9 Å². The highest BCUT2D eigenvalue weighted by molar-refractivity contribution is 7.17. The minimum Gasteiger partial charge on any atom is -0.389 e. The fourth-order valence-electron chi connectivity index (χ4n) is 1.96. The van der Waals surface area contributed by atoms with E-state index in [1.807, 2.05) is 25.1 Å². The number of aliphatic hydroxyl groups is 1. The Morgan fingerprint density at radius 3 is 2.89 bits per heavy atom. The maximum absolute atomic E-state index is 12.2. The van der Waals surface area contributed by atoms with Crippen LogP contribution in [0.3, 0.4) is 0 Å². The maximum atomic E-state index is 12.2. The molecule has 2 aromatic heterocycles. The Hall–Kier alpha value is -1.79. The van der Waals surface area contributed by atoms with E-state index in [9.17, 15) is 9.90 Å². The zero-order valence-electron chi connectivity index (χ0n) is 10.4. The Balaban J connectivity index is 1.88. The van der Waals surface area contributed by atoms with Gasteiger partial charge in [0.1, 0.15) is 9.88 Å². The summed E-state index contributed by atoms with van der Waals surface area (Å²) in [6.07, 6.45) is 1.33. The van der Waals surface area contributed by atoms with Crippen molar-refractivity contribution in [2.45, 2.75) is 13.0 Å². The average molecular weight is 275 g/mol. The number of carbonyl (C=O) groups is 1. The molecular weight excluding hydrogens is 262 g/mol. The van der Waals surface area contributed by atoms with E-state index in [2.05, 4.69) is 9.97 Å². The molecule has 1 aliphatic rings. The number of aliphatic hydroxyl groups excluding tert-OH is 1. The lowest BCUT2D eigenvalue weighted by Crippen LogP contribution is -2.53. The first-order chi connectivity index (χ1) is 9.15. The van der Waals surface area contributed by atoms with E-state index in [4.69, 9.17) is 0 Å². The number of amides is 1. The zero-order chi connectivity index (χ0) is 13.4. The number of hydrogen-bond acceptors (Lipinski definition) is 5. The number of hydrogen-bond donors (Lipinski definition) is 1. The highest BCUT2D eigenvalue weighted by Crippen LogP contribution is 2.28. The van der Waals surface area contributed by atoms with Gasteiger partial charge < -0.3 is 10.0 Å². The number of rotatable bonds is 2. The molecule has 6 heteroatoms. The number of pyridine rings is 1. The maximum Gasteiger partial charge on any atom is 0.266 e. The number of nitrogens with zero attached hydrogens (tertiary/aromatic N) is 3. The first-order valence-electron chi connectivity index (χ1n) is 6.01. The quantitative estimate of drug-likeness (QED) is 0.898. The van der Waals surface area contributed by atoms with Crippen molar-refractivity contribution in [2.75, 3.05) is 13.1 Å². The fourth-order valence-corrected chi connectivity index (χ4v) is 2.97. The van der Waals surface area contributed by atoms with Crippen LogP contribution < -0.4 is 0 Å². The number of carbonyl (C=O) groups excluding carboxylic acids is 1. The van der Waals surface area contributed by atoms with Crippen LogP contribution in [-0.4, -0.2) is 45.1 Å². The highest BCUT2D eigenvalue weighted by Gasteiger charge is 2.31. The van der Waals surface area contributed by atoms with Gasteiger partial charge in [0.05, 0.1) is 17.5 Å². The van der Waals surface area contributed by atoms with Gasteiger partial charge in [-0.05, 0) is 19.1 Å². The Kier molecular flexibility index (Phi) is 3.04. The van der Waals surface area contributed by atoms with Crippen LogP contribution in [0.1, 0.15) is 15.4 Å². The van der Waals surface area contributed by atoms with Crippen LogP contribution in [0.15, 0.2) is 24.4 Å². The van der Waals surface area contributed by atoms with Gasteiger partial charge in [0.15, 0.2) is 0 Å². The van der Waals surface area contributed by atoms with Crippen molar-refractivity contribution in [3.05, 3.63) is 35.0 Å².